The topological polar surface area (TPSA) is 56.8 Å². The van der Waals surface area contributed by atoms with Gasteiger partial charge in [0.15, 0.2) is 0 Å². The van der Waals surface area contributed by atoms with Crippen LogP contribution < -0.4 is 5.73 Å². The van der Waals surface area contributed by atoms with Crippen molar-refractivity contribution in [2.45, 2.75) is 145 Å². The van der Waals surface area contributed by atoms with Gasteiger partial charge in [0.2, 0.25) is 0 Å². The molecule has 0 aromatic carbocycles. The predicted octanol–water partition coefficient (Wildman–Crippen LogP) is 11.9. The SMILES string of the molecule is C.C=COC1CC(C/C=C(\C)CC/C=C/C=C2\CCC3C(CC)C(C)=CC(N)C23)CC(C/C(CC(CC)/C(C)=C/C(C)C)=N/OC)C1. The summed E-state index contributed by atoms with van der Waals surface area (Å²) in [7, 11) is 1.68. The minimum atomic E-state index is 0. The van der Waals surface area contributed by atoms with Crippen molar-refractivity contribution < 1.29 is 9.57 Å². The van der Waals surface area contributed by atoms with E-state index in [0.717, 1.165) is 57.3 Å². The number of fused-ring (bicyclic) bond motifs is 1. The molecule has 8 unspecified atom stereocenters. The van der Waals surface area contributed by atoms with Crippen LogP contribution in [0.2, 0.25) is 0 Å². The van der Waals surface area contributed by atoms with E-state index in [1.54, 1.807) is 18.9 Å². The zero-order valence-corrected chi connectivity index (χ0v) is 30.8. The van der Waals surface area contributed by atoms with Gasteiger partial charge < -0.3 is 15.3 Å². The number of oxime groups is 1. The van der Waals surface area contributed by atoms with E-state index >= 15 is 0 Å². The molecule has 0 spiro atoms. The van der Waals surface area contributed by atoms with E-state index in [2.05, 4.69) is 96.7 Å². The highest BCUT2D eigenvalue weighted by atomic mass is 16.6. The largest absolute Gasteiger partial charge is 0.499 e. The first-order valence-electron chi connectivity index (χ1n) is 18.6. The number of allylic oxidation sites excluding steroid dienone is 8. The normalized spacial score (nSPS) is 30.3. The quantitative estimate of drug-likeness (QED) is 0.0739. The van der Waals surface area contributed by atoms with E-state index < -0.39 is 0 Å². The summed E-state index contributed by atoms with van der Waals surface area (Å²) in [5, 5.41) is 4.54. The summed E-state index contributed by atoms with van der Waals surface area (Å²) in [5.74, 6) is 4.22. The number of hydrogen-bond acceptors (Lipinski definition) is 4. The molecule has 4 nitrogen and oxygen atoms in total. The number of ether oxygens (including phenoxy) is 1. The molecule has 0 aromatic rings. The summed E-state index contributed by atoms with van der Waals surface area (Å²) in [6.07, 6.45) is 29.6. The Balaban J connectivity index is 0.00000768. The summed E-state index contributed by atoms with van der Waals surface area (Å²) in [5.41, 5.74) is 13.9. The fourth-order valence-electron chi connectivity index (χ4n) is 9.00. The van der Waals surface area contributed by atoms with Gasteiger partial charge in [0.1, 0.15) is 7.11 Å². The Labute approximate surface area is 290 Å². The van der Waals surface area contributed by atoms with Crippen molar-refractivity contribution in [3.63, 3.8) is 0 Å². The molecule has 3 rings (SSSR count). The van der Waals surface area contributed by atoms with Crippen LogP contribution in [-0.4, -0.2) is 25.0 Å². The lowest BCUT2D eigenvalue weighted by molar-refractivity contribution is 0.0567. The zero-order chi connectivity index (χ0) is 33.6. The minimum Gasteiger partial charge on any atom is -0.499 e. The van der Waals surface area contributed by atoms with Gasteiger partial charge in [-0.15, -0.1) is 0 Å². The molecule has 2 saturated carbocycles. The van der Waals surface area contributed by atoms with Crippen molar-refractivity contribution >= 4 is 5.71 Å². The Kier molecular flexibility index (Phi) is 18.2. The van der Waals surface area contributed by atoms with Crippen molar-refractivity contribution in [1.82, 2.24) is 0 Å². The summed E-state index contributed by atoms with van der Waals surface area (Å²) in [4.78, 5) is 5.35. The molecule has 2 N–H and O–H groups in total. The van der Waals surface area contributed by atoms with Crippen LogP contribution in [0.4, 0.5) is 0 Å². The molecule has 3 aliphatic carbocycles. The Hall–Kier alpha value is -2.33. The molecule has 47 heavy (non-hydrogen) atoms. The maximum atomic E-state index is 6.63. The van der Waals surface area contributed by atoms with Crippen LogP contribution in [0, 0.1) is 41.4 Å². The molecule has 0 radical (unpaired) electrons. The van der Waals surface area contributed by atoms with Crippen LogP contribution in [0.25, 0.3) is 0 Å². The van der Waals surface area contributed by atoms with E-state index in [1.807, 2.05) is 0 Å². The second kappa shape index (κ2) is 20.9. The smallest absolute Gasteiger partial charge is 0.106 e. The first-order valence-corrected chi connectivity index (χ1v) is 18.6. The second-order valence-electron chi connectivity index (χ2n) is 15.1. The van der Waals surface area contributed by atoms with Crippen LogP contribution in [0.5, 0.6) is 0 Å². The van der Waals surface area contributed by atoms with Crippen molar-refractivity contribution in [2.24, 2.45) is 52.3 Å². The molecule has 0 aliphatic heterocycles. The fourth-order valence-corrected chi connectivity index (χ4v) is 9.00. The Bertz CT molecular complexity index is 1140. The lowest BCUT2D eigenvalue weighted by Crippen LogP contribution is -2.39. The number of nitrogens with two attached hydrogens (primary N) is 1. The maximum Gasteiger partial charge on any atom is 0.106 e. The molecular formula is C43H72N2O2. The third-order valence-corrected chi connectivity index (χ3v) is 11.1. The van der Waals surface area contributed by atoms with Crippen molar-refractivity contribution in [3.8, 4) is 0 Å². The van der Waals surface area contributed by atoms with Gasteiger partial charge in [-0.3, -0.25) is 0 Å². The number of rotatable bonds is 17. The van der Waals surface area contributed by atoms with Crippen LogP contribution >= 0.6 is 0 Å². The highest BCUT2D eigenvalue weighted by Crippen LogP contribution is 2.48. The van der Waals surface area contributed by atoms with E-state index in [0.29, 0.717) is 35.5 Å². The first-order chi connectivity index (χ1) is 22.1. The van der Waals surface area contributed by atoms with Crippen molar-refractivity contribution in [2.75, 3.05) is 7.11 Å². The standard InChI is InChI=1S/C42H68N2O2.CH4/c1-10-35(31(7)22-29(4)5)28-37(44-45-9)25-34-24-33(26-38(27-34)46-12-3)19-18-30(6)16-14-13-15-17-36-20-21-40-39(11-2)32(8)23-41(43)42(36)40;/h12-13,15,17-18,22-23,29,33-35,38-42H,3,10-11,14,16,19-21,24-28,43H2,1-2,4-9H3;1H4/b15-13+,30-18+,31-22+,36-17+,44-37-;. The third-order valence-electron chi connectivity index (χ3n) is 11.1. The molecule has 4 heteroatoms. The number of nitrogens with zero attached hydrogens (tertiary/aromatic N) is 1. The lowest BCUT2D eigenvalue weighted by Gasteiger charge is -2.37. The molecule has 3 aliphatic rings. The van der Waals surface area contributed by atoms with Gasteiger partial charge >= 0.3 is 0 Å². The second-order valence-corrected chi connectivity index (χ2v) is 15.1. The Morgan fingerprint density at radius 2 is 1.89 bits per heavy atom. The van der Waals surface area contributed by atoms with Crippen LogP contribution in [0.15, 0.2) is 76.7 Å². The molecule has 0 saturated heterocycles. The van der Waals surface area contributed by atoms with Gasteiger partial charge in [0.25, 0.3) is 0 Å². The maximum absolute atomic E-state index is 6.63. The molecule has 2 fully saturated rings. The van der Waals surface area contributed by atoms with Crippen molar-refractivity contribution in [1.29, 1.82) is 0 Å². The molecular weight excluding hydrogens is 576 g/mol. The zero-order valence-electron chi connectivity index (χ0n) is 30.8. The van der Waals surface area contributed by atoms with E-state index in [-0.39, 0.29) is 19.6 Å². The third kappa shape index (κ3) is 12.6. The summed E-state index contributed by atoms with van der Waals surface area (Å²) in [6, 6.07) is 0.180. The molecule has 0 amide bonds. The van der Waals surface area contributed by atoms with Gasteiger partial charge in [-0.05, 0) is 133 Å². The molecule has 0 aromatic heterocycles. The molecule has 0 bridgehead atoms. The summed E-state index contributed by atoms with van der Waals surface area (Å²) in [6.45, 7) is 19.9. The fraction of sp³-hybridized carbons (Fsp3) is 0.698. The van der Waals surface area contributed by atoms with Crippen LogP contribution in [0.1, 0.15) is 133 Å². The van der Waals surface area contributed by atoms with Gasteiger partial charge in [-0.25, -0.2) is 0 Å². The first kappa shape index (κ1) is 40.8. The van der Waals surface area contributed by atoms with Crippen LogP contribution in [-0.2, 0) is 9.57 Å². The lowest BCUT2D eigenvalue weighted by atomic mass is 9.70. The van der Waals surface area contributed by atoms with E-state index in [4.69, 9.17) is 15.3 Å². The average Bonchev–Trinajstić information content (AvgIpc) is 3.42. The Morgan fingerprint density at radius 1 is 1.15 bits per heavy atom. The summed E-state index contributed by atoms with van der Waals surface area (Å²) >= 11 is 0. The van der Waals surface area contributed by atoms with Crippen molar-refractivity contribution in [3.05, 3.63) is 71.6 Å². The van der Waals surface area contributed by atoms with E-state index in [9.17, 15) is 0 Å². The van der Waals surface area contributed by atoms with Crippen LogP contribution in [0.3, 0.4) is 0 Å². The molecule has 0 heterocycles. The molecule has 266 valence electrons. The monoisotopic (exact) mass is 649 g/mol. The summed E-state index contributed by atoms with van der Waals surface area (Å²) < 4.78 is 6.00. The highest BCUT2D eigenvalue weighted by Gasteiger charge is 2.42. The van der Waals surface area contributed by atoms with E-state index in [1.165, 1.54) is 48.1 Å². The van der Waals surface area contributed by atoms with Gasteiger partial charge in [-0.1, -0.05) is 106 Å². The van der Waals surface area contributed by atoms with Gasteiger partial charge in [0.05, 0.1) is 18.1 Å². The van der Waals surface area contributed by atoms with Gasteiger partial charge in [-0.2, -0.15) is 0 Å². The van der Waals surface area contributed by atoms with Gasteiger partial charge in [0, 0.05) is 12.0 Å². The number of hydrogen-bond donors (Lipinski definition) is 1. The molecule has 8 atom stereocenters. The Morgan fingerprint density at radius 3 is 2.55 bits per heavy atom. The predicted molar refractivity (Wildman–Crippen MR) is 205 cm³/mol. The highest BCUT2D eigenvalue weighted by molar-refractivity contribution is 5.84. The average molecular weight is 649 g/mol. The minimum absolute atomic E-state index is 0.